The number of hydrogen-bond donors (Lipinski definition) is 2. The van der Waals surface area contributed by atoms with Crippen LogP contribution < -0.4 is 11.1 Å². The Labute approximate surface area is 81.7 Å². The first kappa shape index (κ1) is 10.1. The van der Waals surface area contributed by atoms with Crippen molar-refractivity contribution in [2.75, 3.05) is 0 Å². The van der Waals surface area contributed by atoms with Crippen molar-refractivity contribution in [3.8, 4) is 0 Å². The molecule has 1 rings (SSSR count). The van der Waals surface area contributed by atoms with E-state index in [9.17, 15) is 19.7 Å². The molecule has 8 heteroatoms. The van der Waals surface area contributed by atoms with Crippen molar-refractivity contribution in [3.05, 3.63) is 26.4 Å². The smallest absolute Gasteiger partial charge is 0.319 e. The minimum Gasteiger partial charge on any atom is -0.351 e. The maximum Gasteiger partial charge on any atom is 0.319 e. The Balaban J connectivity index is 2.81. The zero-order chi connectivity index (χ0) is 10.7. The number of amides is 3. The van der Waals surface area contributed by atoms with E-state index in [4.69, 9.17) is 5.73 Å². The standard InChI is InChI=1S/C6H5N3O4S/c7-6(11)8-5(10)4-1-3(2-14-4)9(12)13/h1-2H,(H3,7,8,10,11). The number of carbonyl (C=O) groups is 2. The topological polar surface area (TPSA) is 115 Å². The number of nitro groups is 1. The number of carbonyl (C=O) groups excluding carboxylic acids is 2. The molecule has 74 valence electrons. The molecule has 3 amide bonds. The van der Waals surface area contributed by atoms with Gasteiger partial charge >= 0.3 is 6.03 Å². The third kappa shape index (κ3) is 2.26. The first-order valence-electron chi connectivity index (χ1n) is 3.34. The molecule has 1 heterocycles. The molecule has 0 bridgehead atoms. The predicted octanol–water partition coefficient (Wildman–Crippen LogP) is 0.465. The summed E-state index contributed by atoms with van der Waals surface area (Å²) in [6, 6.07) is 0.0780. The van der Waals surface area contributed by atoms with Crippen LogP contribution >= 0.6 is 11.3 Å². The molecule has 1 aromatic heterocycles. The van der Waals surface area contributed by atoms with Crippen LogP contribution in [0.1, 0.15) is 9.67 Å². The van der Waals surface area contributed by atoms with Crippen LogP contribution in [0, 0.1) is 10.1 Å². The van der Waals surface area contributed by atoms with Crippen LogP contribution in [0.15, 0.2) is 11.4 Å². The molecule has 0 radical (unpaired) electrons. The third-order valence-electron chi connectivity index (χ3n) is 1.26. The van der Waals surface area contributed by atoms with Crippen LogP contribution in [0.5, 0.6) is 0 Å². The monoisotopic (exact) mass is 215 g/mol. The van der Waals surface area contributed by atoms with Crippen LogP contribution in [0.2, 0.25) is 0 Å². The van der Waals surface area contributed by atoms with Crippen molar-refractivity contribution in [2.24, 2.45) is 5.73 Å². The van der Waals surface area contributed by atoms with Crippen LogP contribution in [0.25, 0.3) is 0 Å². The molecule has 0 unspecified atom stereocenters. The molecule has 1 aromatic rings. The van der Waals surface area contributed by atoms with E-state index in [2.05, 4.69) is 0 Å². The summed E-state index contributed by atoms with van der Waals surface area (Å²) in [5, 5.41) is 13.3. The molecule has 0 atom stereocenters. The number of hydrogen-bond acceptors (Lipinski definition) is 5. The summed E-state index contributed by atoms with van der Waals surface area (Å²) in [6.07, 6.45) is 0. The summed E-state index contributed by atoms with van der Waals surface area (Å²) in [6.45, 7) is 0. The SMILES string of the molecule is NC(=O)NC(=O)c1cc([N+](=O)[O-])cs1. The quantitative estimate of drug-likeness (QED) is 0.550. The molecular weight excluding hydrogens is 210 g/mol. The van der Waals surface area contributed by atoms with Gasteiger partial charge in [-0.15, -0.1) is 11.3 Å². The Hall–Kier alpha value is -1.96. The highest BCUT2D eigenvalue weighted by Crippen LogP contribution is 2.20. The lowest BCUT2D eigenvalue weighted by atomic mass is 10.4. The van der Waals surface area contributed by atoms with Crippen molar-refractivity contribution in [2.45, 2.75) is 0 Å². The van der Waals surface area contributed by atoms with E-state index in [-0.39, 0.29) is 10.6 Å². The highest BCUT2D eigenvalue weighted by Gasteiger charge is 2.15. The van der Waals surface area contributed by atoms with Gasteiger partial charge in [0.25, 0.3) is 11.6 Å². The number of rotatable bonds is 2. The fourth-order valence-corrected chi connectivity index (χ4v) is 1.46. The molecule has 7 nitrogen and oxygen atoms in total. The van der Waals surface area contributed by atoms with Crippen LogP contribution in [0.3, 0.4) is 0 Å². The Morgan fingerprint density at radius 2 is 2.21 bits per heavy atom. The molecule has 0 fully saturated rings. The fraction of sp³-hybridized carbons (Fsp3) is 0. The van der Waals surface area contributed by atoms with Crippen molar-refractivity contribution in [1.29, 1.82) is 0 Å². The molecule has 0 aromatic carbocycles. The highest BCUT2D eigenvalue weighted by molar-refractivity contribution is 7.12. The summed E-state index contributed by atoms with van der Waals surface area (Å²) in [4.78, 5) is 31.0. The van der Waals surface area contributed by atoms with E-state index in [1.807, 2.05) is 0 Å². The summed E-state index contributed by atoms with van der Waals surface area (Å²) < 4.78 is 0. The Morgan fingerprint density at radius 1 is 1.57 bits per heavy atom. The average Bonchev–Trinajstić information content (AvgIpc) is 2.50. The number of primary amides is 1. The largest absolute Gasteiger partial charge is 0.351 e. The zero-order valence-electron chi connectivity index (χ0n) is 6.72. The van der Waals surface area contributed by atoms with Gasteiger partial charge in [0.05, 0.1) is 15.2 Å². The van der Waals surface area contributed by atoms with Gasteiger partial charge in [-0.25, -0.2) is 4.79 Å². The second kappa shape index (κ2) is 3.83. The number of thiophene rings is 1. The van der Waals surface area contributed by atoms with Gasteiger partial charge in [0.1, 0.15) is 0 Å². The van der Waals surface area contributed by atoms with Gasteiger partial charge in [-0.3, -0.25) is 20.2 Å². The molecule has 0 aliphatic carbocycles. The predicted molar refractivity (Wildman–Crippen MR) is 48.0 cm³/mol. The second-order valence-electron chi connectivity index (χ2n) is 2.24. The van der Waals surface area contributed by atoms with Crippen molar-refractivity contribution < 1.29 is 14.5 Å². The zero-order valence-corrected chi connectivity index (χ0v) is 7.54. The highest BCUT2D eigenvalue weighted by atomic mass is 32.1. The molecule has 0 aliphatic rings. The van der Waals surface area contributed by atoms with Gasteiger partial charge in [-0.2, -0.15) is 0 Å². The molecule has 0 aliphatic heterocycles. The second-order valence-corrected chi connectivity index (χ2v) is 3.16. The van der Waals surface area contributed by atoms with E-state index in [0.717, 1.165) is 17.4 Å². The number of nitrogens with two attached hydrogens (primary N) is 1. The lowest BCUT2D eigenvalue weighted by Crippen LogP contribution is -2.34. The maximum atomic E-state index is 11.1. The van der Waals surface area contributed by atoms with E-state index >= 15 is 0 Å². The van der Waals surface area contributed by atoms with E-state index < -0.39 is 16.9 Å². The number of imide groups is 1. The molecule has 14 heavy (non-hydrogen) atoms. The minimum absolute atomic E-state index is 0.0653. The van der Waals surface area contributed by atoms with Gasteiger partial charge in [0.15, 0.2) is 0 Å². The Morgan fingerprint density at radius 3 is 2.64 bits per heavy atom. The van der Waals surface area contributed by atoms with Crippen LogP contribution in [-0.4, -0.2) is 16.9 Å². The summed E-state index contributed by atoms with van der Waals surface area (Å²) in [5.74, 6) is -0.740. The summed E-state index contributed by atoms with van der Waals surface area (Å²) >= 11 is 0.866. The van der Waals surface area contributed by atoms with Gasteiger partial charge in [-0.05, 0) is 0 Å². The molecule has 0 spiro atoms. The van der Waals surface area contributed by atoms with Crippen molar-refractivity contribution >= 4 is 29.0 Å². The van der Waals surface area contributed by atoms with Gasteiger partial charge < -0.3 is 5.73 Å². The van der Waals surface area contributed by atoms with Crippen molar-refractivity contribution in [1.82, 2.24) is 5.32 Å². The van der Waals surface area contributed by atoms with Crippen LogP contribution in [0.4, 0.5) is 10.5 Å². The molecule has 0 saturated carbocycles. The fourth-order valence-electron chi connectivity index (χ4n) is 0.715. The summed E-state index contributed by atoms with van der Waals surface area (Å²) in [5.41, 5.74) is 4.51. The van der Waals surface area contributed by atoms with Gasteiger partial charge in [0, 0.05) is 6.07 Å². The molecular formula is C6H5N3O4S. The molecule has 3 N–H and O–H groups in total. The van der Waals surface area contributed by atoms with Gasteiger partial charge in [-0.1, -0.05) is 0 Å². The summed E-state index contributed by atoms with van der Waals surface area (Å²) in [7, 11) is 0. The normalized spacial score (nSPS) is 9.43. The first-order valence-corrected chi connectivity index (χ1v) is 4.22. The average molecular weight is 215 g/mol. The Kier molecular flexibility index (Phi) is 2.77. The maximum absolute atomic E-state index is 11.1. The first-order chi connectivity index (χ1) is 6.50. The number of nitrogens with zero attached hydrogens (tertiary/aromatic N) is 1. The lowest BCUT2D eigenvalue weighted by molar-refractivity contribution is -0.384. The van der Waals surface area contributed by atoms with E-state index in [0.29, 0.717) is 0 Å². The van der Waals surface area contributed by atoms with E-state index in [1.54, 1.807) is 5.32 Å². The molecule has 0 saturated heterocycles. The van der Waals surface area contributed by atoms with E-state index in [1.165, 1.54) is 5.38 Å². The Bertz CT molecular complexity index is 400. The van der Waals surface area contributed by atoms with Crippen molar-refractivity contribution in [3.63, 3.8) is 0 Å². The third-order valence-corrected chi connectivity index (χ3v) is 2.17. The van der Waals surface area contributed by atoms with Crippen LogP contribution in [-0.2, 0) is 0 Å². The number of urea groups is 1. The van der Waals surface area contributed by atoms with Gasteiger partial charge in [0.2, 0.25) is 0 Å². The lowest BCUT2D eigenvalue weighted by Gasteiger charge is -1.94. The minimum atomic E-state index is -0.994. The number of nitrogens with one attached hydrogen (secondary N) is 1.